The molecule has 0 spiro atoms. The van der Waals surface area contributed by atoms with Crippen LogP contribution in [0.4, 0.5) is 19.0 Å². The quantitative estimate of drug-likeness (QED) is 0.392. The zero-order valence-electron chi connectivity index (χ0n) is 19.7. The molecule has 1 aliphatic rings. The summed E-state index contributed by atoms with van der Waals surface area (Å²) in [5, 5.41) is 4.16. The number of hydrogen-bond donors (Lipinski definition) is 1. The van der Waals surface area contributed by atoms with E-state index >= 15 is 0 Å². The van der Waals surface area contributed by atoms with Gasteiger partial charge in [-0.2, -0.15) is 13.2 Å². The molecule has 0 fully saturated rings. The molecule has 0 amide bonds. The van der Waals surface area contributed by atoms with Crippen LogP contribution in [0.15, 0.2) is 53.5 Å². The number of nitrogens with zero attached hydrogens (tertiary/aromatic N) is 3. The highest BCUT2D eigenvalue weighted by Gasteiger charge is 2.31. The van der Waals surface area contributed by atoms with Crippen molar-refractivity contribution in [3.05, 3.63) is 87.1 Å². The van der Waals surface area contributed by atoms with E-state index in [1.807, 2.05) is 32.2 Å². The normalized spacial score (nSPS) is 14.2. The van der Waals surface area contributed by atoms with Crippen molar-refractivity contribution in [1.82, 2.24) is 14.5 Å². The fourth-order valence-corrected chi connectivity index (χ4v) is 4.88. The van der Waals surface area contributed by atoms with Gasteiger partial charge in [0.2, 0.25) is 5.56 Å². The molecule has 2 aromatic carbocycles. The number of fused-ring (bicyclic) bond motifs is 3. The molecule has 1 N–H and O–H groups in total. The minimum atomic E-state index is -4.40. The van der Waals surface area contributed by atoms with Gasteiger partial charge in [-0.15, -0.1) is 0 Å². The molecule has 0 saturated carbocycles. The van der Waals surface area contributed by atoms with Crippen LogP contribution in [0.2, 0.25) is 0 Å². The van der Waals surface area contributed by atoms with Gasteiger partial charge in [-0.25, -0.2) is 9.97 Å². The summed E-state index contributed by atoms with van der Waals surface area (Å²) in [6, 6.07) is 10.4. The molecule has 5 rings (SSSR count). The summed E-state index contributed by atoms with van der Waals surface area (Å²) < 4.78 is 41.3. The first kappa shape index (κ1) is 23.1. The fraction of sp³-hybridized carbons (Fsp3) is 0.296. The SMILES string of the molecule is Cc1nc(N[C@H](C)c2cccc(C(F)(F)F)c2)c2cc(-c3ccc(=O)n(C)c3)c3c(c2n1)CCC3. The Morgan fingerprint density at radius 3 is 2.57 bits per heavy atom. The van der Waals surface area contributed by atoms with Gasteiger partial charge in [0.05, 0.1) is 11.1 Å². The van der Waals surface area contributed by atoms with E-state index in [4.69, 9.17) is 4.98 Å². The second-order valence-corrected chi connectivity index (χ2v) is 9.11. The lowest BCUT2D eigenvalue weighted by molar-refractivity contribution is -0.137. The van der Waals surface area contributed by atoms with Gasteiger partial charge in [0, 0.05) is 30.7 Å². The van der Waals surface area contributed by atoms with E-state index in [1.54, 1.807) is 23.7 Å². The molecule has 35 heavy (non-hydrogen) atoms. The summed E-state index contributed by atoms with van der Waals surface area (Å²) in [4.78, 5) is 21.3. The zero-order chi connectivity index (χ0) is 24.9. The predicted octanol–water partition coefficient (Wildman–Crippen LogP) is 5.98. The monoisotopic (exact) mass is 478 g/mol. The summed E-state index contributed by atoms with van der Waals surface area (Å²) >= 11 is 0. The Labute approximate surface area is 200 Å². The van der Waals surface area contributed by atoms with E-state index in [1.165, 1.54) is 23.3 Å². The Kier molecular flexibility index (Phi) is 5.62. The Hall–Kier alpha value is -3.68. The van der Waals surface area contributed by atoms with Crippen molar-refractivity contribution in [1.29, 1.82) is 0 Å². The maximum Gasteiger partial charge on any atom is 0.416 e. The van der Waals surface area contributed by atoms with Crippen LogP contribution in [0.25, 0.3) is 22.0 Å². The molecule has 1 aliphatic carbocycles. The third-order valence-corrected chi connectivity index (χ3v) is 6.64. The molecule has 0 bridgehead atoms. The van der Waals surface area contributed by atoms with Crippen LogP contribution in [0.3, 0.4) is 0 Å². The molecule has 2 aromatic heterocycles. The standard InChI is InChI=1S/C27H25F3N4O/c1-15(17-6-4-7-19(12-17)27(28,29)30)31-26-23-13-22(18-10-11-24(35)34(3)14-18)20-8-5-9-21(20)25(23)32-16(2)33-26/h4,6-7,10-15H,5,8-9H2,1-3H3,(H,31,32,33)/t15-/m1/s1. The number of aromatic nitrogens is 3. The molecule has 0 unspecified atom stereocenters. The molecule has 0 saturated heterocycles. The molecular weight excluding hydrogens is 453 g/mol. The smallest absolute Gasteiger partial charge is 0.363 e. The maximum absolute atomic E-state index is 13.2. The van der Waals surface area contributed by atoms with Gasteiger partial charge >= 0.3 is 6.18 Å². The van der Waals surface area contributed by atoms with Crippen molar-refractivity contribution in [2.75, 3.05) is 5.32 Å². The number of benzene rings is 2. The molecule has 4 aromatic rings. The van der Waals surface area contributed by atoms with E-state index in [0.29, 0.717) is 17.2 Å². The molecule has 180 valence electrons. The first-order chi connectivity index (χ1) is 16.6. The average Bonchev–Trinajstić information content (AvgIpc) is 3.30. The number of alkyl halides is 3. The minimum absolute atomic E-state index is 0.0811. The minimum Gasteiger partial charge on any atom is -0.363 e. The Morgan fingerprint density at radius 2 is 1.83 bits per heavy atom. The third kappa shape index (κ3) is 4.29. The van der Waals surface area contributed by atoms with Gasteiger partial charge in [-0.1, -0.05) is 12.1 Å². The van der Waals surface area contributed by atoms with Crippen LogP contribution in [-0.2, 0) is 26.1 Å². The van der Waals surface area contributed by atoms with Gasteiger partial charge in [-0.05, 0) is 85.2 Å². The second kappa shape index (κ2) is 8.52. The number of aryl methyl sites for hydroxylation is 3. The van der Waals surface area contributed by atoms with Crippen molar-refractivity contribution in [2.24, 2.45) is 7.05 Å². The van der Waals surface area contributed by atoms with Crippen molar-refractivity contribution >= 4 is 16.7 Å². The number of anilines is 1. The number of rotatable bonds is 4. The molecule has 5 nitrogen and oxygen atoms in total. The van der Waals surface area contributed by atoms with Gasteiger partial charge in [0.25, 0.3) is 0 Å². The summed E-state index contributed by atoms with van der Waals surface area (Å²) in [7, 11) is 1.73. The van der Waals surface area contributed by atoms with E-state index < -0.39 is 17.8 Å². The van der Waals surface area contributed by atoms with Crippen LogP contribution < -0.4 is 10.9 Å². The summed E-state index contributed by atoms with van der Waals surface area (Å²) in [6.45, 7) is 3.64. The van der Waals surface area contributed by atoms with E-state index in [9.17, 15) is 18.0 Å². The van der Waals surface area contributed by atoms with Gasteiger partial charge in [-0.3, -0.25) is 4.79 Å². The van der Waals surface area contributed by atoms with E-state index in [-0.39, 0.29) is 5.56 Å². The lowest BCUT2D eigenvalue weighted by Crippen LogP contribution is -2.14. The van der Waals surface area contributed by atoms with Crippen LogP contribution in [-0.4, -0.2) is 14.5 Å². The first-order valence-corrected chi connectivity index (χ1v) is 11.6. The van der Waals surface area contributed by atoms with Crippen molar-refractivity contribution < 1.29 is 13.2 Å². The maximum atomic E-state index is 13.2. The number of hydrogen-bond acceptors (Lipinski definition) is 4. The number of nitrogens with one attached hydrogen (secondary N) is 1. The van der Waals surface area contributed by atoms with E-state index in [0.717, 1.165) is 47.4 Å². The molecule has 2 heterocycles. The predicted molar refractivity (Wildman–Crippen MR) is 130 cm³/mol. The van der Waals surface area contributed by atoms with Crippen molar-refractivity contribution in [3.63, 3.8) is 0 Å². The highest BCUT2D eigenvalue weighted by atomic mass is 19.4. The molecule has 1 atom stereocenters. The Morgan fingerprint density at radius 1 is 1.06 bits per heavy atom. The fourth-order valence-electron chi connectivity index (χ4n) is 4.88. The molecular formula is C27H25F3N4O. The topological polar surface area (TPSA) is 59.8 Å². The largest absolute Gasteiger partial charge is 0.416 e. The number of pyridine rings is 1. The van der Waals surface area contributed by atoms with Gasteiger partial charge in [0.1, 0.15) is 11.6 Å². The van der Waals surface area contributed by atoms with Crippen molar-refractivity contribution in [3.8, 4) is 11.1 Å². The van der Waals surface area contributed by atoms with Gasteiger partial charge in [0.15, 0.2) is 0 Å². The summed E-state index contributed by atoms with van der Waals surface area (Å²) in [5.41, 5.74) is 5.00. The Bertz CT molecular complexity index is 1510. The van der Waals surface area contributed by atoms with Crippen LogP contribution in [0, 0.1) is 6.92 Å². The van der Waals surface area contributed by atoms with Gasteiger partial charge < -0.3 is 9.88 Å². The average molecular weight is 479 g/mol. The number of halogens is 3. The lowest BCUT2D eigenvalue weighted by Gasteiger charge is -2.20. The first-order valence-electron chi connectivity index (χ1n) is 11.6. The second-order valence-electron chi connectivity index (χ2n) is 9.11. The molecule has 0 aliphatic heterocycles. The van der Waals surface area contributed by atoms with Crippen LogP contribution in [0.5, 0.6) is 0 Å². The van der Waals surface area contributed by atoms with Crippen LogP contribution >= 0.6 is 0 Å². The lowest BCUT2D eigenvalue weighted by atomic mass is 9.94. The molecule has 0 radical (unpaired) electrons. The highest BCUT2D eigenvalue weighted by molar-refractivity contribution is 5.97. The summed E-state index contributed by atoms with van der Waals surface area (Å²) in [5.74, 6) is 1.18. The van der Waals surface area contributed by atoms with E-state index in [2.05, 4.69) is 10.3 Å². The van der Waals surface area contributed by atoms with Crippen LogP contribution in [0.1, 0.15) is 47.5 Å². The zero-order valence-corrected chi connectivity index (χ0v) is 19.7. The van der Waals surface area contributed by atoms with Crippen molar-refractivity contribution in [2.45, 2.75) is 45.3 Å². The summed E-state index contributed by atoms with van der Waals surface area (Å²) in [6.07, 6.45) is 0.259. The third-order valence-electron chi connectivity index (χ3n) is 6.64. The Balaban J connectivity index is 1.64. The highest BCUT2D eigenvalue weighted by Crippen LogP contribution is 2.39. The molecule has 8 heteroatoms.